The zero-order valence-corrected chi connectivity index (χ0v) is 5.96. The minimum Gasteiger partial charge on any atom is -0.185 e. The lowest BCUT2D eigenvalue weighted by molar-refractivity contribution is 0.606. The summed E-state index contributed by atoms with van der Waals surface area (Å²) in [5, 5.41) is 8.05. The molecule has 0 bridgehead atoms. The maximum Gasteiger partial charge on any atom is 0.0745 e. The number of allylic oxidation sites excluding steroid dienone is 1. The van der Waals surface area contributed by atoms with Gasteiger partial charge in [-0.2, -0.15) is 10.2 Å². The van der Waals surface area contributed by atoms with E-state index in [2.05, 4.69) is 23.2 Å². The van der Waals surface area contributed by atoms with Crippen molar-refractivity contribution in [3.05, 3.63) is 11.8 Å². The number of nitrogens with zero attached hydrogens (tertiary/aromatic N) is 2. The fourth-order valence-corrected chi connectivity index (χ4v) is 0.816. The molecule has 0 saturated carbocycles. The first kappa shape index (κ1) is 6.46. The molecule has 1 rings (SSSR count). The highest BCUT2D eigenvalue weighted by atomic mass is 15.1. The first-order chi connectivity index (χ1) is 4.33. The highest BCUT2D eigenvalue weighted by molar-refractivity contribution is 4.99. The van der Waals surface area contributed by atoms with Crippen molar-refractivity contribution in [3.8, 4) is 0 Å². The molecule has 0 radical (unpaired) electrons. The Kier molecular flexibility index (Phi) is 1.98. The van der Waals surface area contributed by atoms with Gasteiger partial charge in [0.05, 0.1) is 11.7 Å². The highest BCUT2D eigenvalue weighted by Crippen LogP contribution is 2.13. The summed E-state index contributed by atoms with van der Waals surface area (Å²) in [5.41, 5.74) is 1.06. The van der Waals surface area contributed by atoms with Crippen LogP contribution in [0, 0.1) is 0 Å². The van der Waals surface area contributed by atoms with Gasteiger partial charge in [-0.1, -0.05) is 13.0 Å². The molecule has 2 nitrogen and oxygen atoms in total. The van der Waals surface area contributed by atoms with Gasteiger partial charge in [-0.3, -0.25) is 0 Å². The molecule has 1 heterocycles. The van der Waals surface area contributed by atoms with Crippen molar-refractivity contribution in [1.82, 2.24) is 0 Å². The Hall–Kier alpha value is -0.660. The normalized spacial score (nSPS) is 26.0. The van der Waals surface area contributed by atoms with Gasteiger partial charge in [-0.15, -0.1) is 0 Å². The molecule has 0 aromatic rings. The van der Waals surface area contributed by atoms with E-state index in [-0.39, 0.29) is 0 Å². The van der Waals surface area contributed by atoms with Crippen molar-refractivity contribution < 1.29 is 0 Å². The second-order valence-electron chi connectivity index (χ2n) is 2.36. The molecule has 2 heteroatoms. The Morgan fingerprint density at radius 3 is 3.00 bits per heavy atom. The minimum absolute atomic E-state index is 0.452. The summed E-state index contributed by atoms with van der Waals surface area (Å²) in [7, 11) is 0. The second kappa shape index (κ2) is 2.76. The van der Waals surface area contributed by atoms with Crippen LogP contribution in [0.1, 0.15) is 26.7 Å². The molecule has 0 saturated heterocycles. The smallest absolute Gasteiger partial charge is 0.0745 e. The monoisotopic (exact) mass is 124 g/mol. The maximum atomic E-state index is 4.09. The van der Waals surface area contributed by atoms with Gasteiger partial charge >= 0.3 is 0 Å². The second-order valence-corrected chi connectivity index (χ2v) is 2.36. The third kappa shape index (κ3) is 1.63. The van der Waals surface area contributed by atoms with Crippen LogP contribution >= 0.6 is 0 Å². The molecule has 0 aromatic carbocycles. The Balaban J connectivity index is 2.48. The van der Waals surface area contributed by atoms with Crippen molar-refractivity contribution in [3.63, 3.8) is 0 Å². The Morgan fingerprint density at radius 1 is 1.78 bits per heavy atom. The first-order valence-corrected chi connectivity index (χ1v) is 3.40. The van der Waals surface area contributed by atoms with E-state index in [0.717, 1.165) is 18.5 Å². The quantitative estimate of drug-likeness (QED) is 0.513. The molecule has 50 valence electrons. The van der Waals surface area contributed by atoms with E-state index in [1.54, 1.807) is 0 Å². The fraction of sp³-hybridized carbons (Fsp3) is 0.714. The summed E-state index contributed by atoms with van der Waals surface area (Å²) < 4.78 is 0. The van der Waals surface area contributed by atoms with Crippen LogP contribution in [0.2, 0.25) is 0 Å². The Bertz CT molecular complexity index is 147. The van der Waals surface area contributed by atoms with E-state index in [4.69, 9.17) is 0 Å². The van der Waals surface area contributed by atoms with Crippen LogP contribution in [-0.2, 0) is 0 Å². The number of azo groups is 1. The molecule has 0 fully saturated rings. The maximum absolute atomic E-state index is 4.09. The summed E-state index contributed by atoms with van der Waals surface area (Å²) in [6.07, 6.45) is 4.32. The van der Waals surface area contributed by atoms with E-state index in [1.165, 1.54) is 0 Å². The molecule has 1 unspecified atom stereocenters. The van der Waals surface area contributed by atoms with Gasteiger partial charge in [0.2, 0.25) is 0 Å². The predicted octanol–water partition coefficient (Wildman–Crippen LogP) is 2.52. The molecule has 0 amide bonds. The first-order valence-electron chi connectivity index (χ1n) is 3.40. The van der Waals surface area contributed by atoms with Crippen LogP contribution < -0.4 is 0 Å². The van der Waals surface area contributed by atoms with Gasteiger partial charge in [0.15, 0.2) is 0 Å². The molecule has 0 aliphatic carbocycles. The largest absolute Gasteiger partial charge is 0.185 e. The molecule has 0 spiro atoms. The minimum atomic E-state index is 0.452. The van der Waals surface area contributed by atoms with Crippen LogP contribution in [0.5, 0.6) is 0 Å². The molecular formula is C7H12N2. The highest BCUT2D eigenvalue weighted by Gasteiger charge is 2.05. The van der Waals surface area contributed by atoms with Crippen LogP contribution in [0.15, 0.2) is 22.0 Å². The molecule has 1 aliphatic heterocycles. The van der Waals surface area contributed by atoms with Crippen molar-refractivity contribution >= 4 is 0 Å². The lowest BCUT2D eigenvalue weighted by Gasteiger charge is -2.08. The Labute approximate surface area is 55.7 Å². The standard InChI is InChI=1S/C7H12N2/c1-3-7-5-4-6(2)8-9-7/h4,7H,3,5H2,1-2H3. The molecular weight excluding hydrogens is 112 g/mol. The van der Waals surface area contributed by atoms with E-state index in [1.807, 2.05) is 6.92 Å². The summed E-state index contributed by atoms with van der Waals surface area (Å²) in [4.78, 5) is 0. The van der Waals surface area contributed by atoms with Crippen LogP contribution in [0.3, 0.4) is 0 Å². The average molecular weight is 124 g/mol. The van der Waals surface area contributed by atoms with Gasteiger partial charge in [-0.05, 0) is 19.8 Å². The van der Waals surface area contributed by atoms with E-state index in [9.17, 15) is 0 Å². The Morgan fingerprint density at radius 2 is 2.56 bits per heavy atom. The third-order valence-corrected chi connectivity index (χ3v) is 1.54. The van der Waals surface area contributed by atoms with Crippen molar-refractivity contribution in [2.75, 3.05) is 0 Å². The van der Waals surface area contributed by atoms with Gasteiger partial charge in [0.25, 0.3) is 0 Å². The van der Waals surface area contributed by atoms with Crippen LogP contribution in [0.25, 0.3) is 0 Å². The molecule has 0 N–H and O–H groups in total. The number of rotatable bonds is 1. The molecule has 0 aromatic heterocycles. The zero-order valence-electron chi connectivity index (χ0n) is 5.96. The fourth-order valence-electron chi connectivity index (χ4n) is 0.816. The van der Waals surface area contributed by atoms with E-state index >= 15 is 0 Å². The molecule has 1 atom stereocenters. The van der Waals surface area contributed by atoms with Gasteiger partial charge < -0.3 is 0 Å². The van der Waals surface area contributed by atoms with E-state index in [0.29, 0.717) is 6.04 Å². The van der Waals surface area contributed by atoms with Crippen molar-refractivity contribution in [2.24, 2.45) is 10.2 Å². The molecule has 9 heavy (non-hydrogen) atoms. The lowest BCUT2D eigenvalue weighted by Crippen LogP contribution is -2.02. The van der Waals surface area contributed by atoms with Gasteiger partial charge in [0, 0.05) is 0 Å². The molecule has 1 aliphatic rings. The van der Waals surface area contributed by atoms with E-state index < -0.39 is 0 Å². The summed E-state index contributed by atoms with van der Waals surface area (Å²) in [6, 6.07) is 0.452. The average Bonchev–Trinajstić information content (AvgIpc) is 1.90. The third-order valence-electron chi connectivity index (χ3n) is 1.54. The number of hydrogen-bond donors (Lipinski definition) is 0. The lowest BCUT2D eigenvalue weighted by atomic mass is 10.1. The van der Waals surface area contributed by atoms with Gasteiger partial charge in [-0.25, -0.2) is 0 Å². The van der Waals surface area contributed by atoms with Gasteiger partial charge in [0.1, 0.15) is 0 Å². The van der Waals surface area contributed by atoms with Crippen molar-refractivity contribution in [1.29, 1.82) is 0 Å². The SMILES string of the molecule is CCC1CC=C(C)N=N1. The van der Waals surface area contributed by atoms with Crippen LogP contribution in [-0.4, -0.2) is 6.04 Å². The number of hydrogen-bond acceptors (Lipinski definition) is 2. The predicted molar refractivity (Wildman–Crippen MR) is 37.3 cm³/mol. The summed E-state index contributed by atoms with van der Waals surface area (Å²) in [5.74, 6) is 0. The topological polar surface area (TPSA) is 24.7 Å². The zero-order chi connectivity index (χ0) is 6.69. The summed E-state index contributed by atoms with van der Waals surface area (Å²) in [6.45, 7) is 4.12. The van der Waals surface area contributed by atoms with Crippen molar-refractivity contribution in [2.45, 2.75) is 32.7 Å². The summed E-state index contributed by atoms with van der Waals surface area (Å²) >= 11 is 0. The van der Waals surface area contributed by atoms with Crippen LogP contribution in [0.4, 0.5) is 0 Å².